The third-order valence-electron chi connectivity index (χ3n) is 3.25. The van der Waals surface area contributed by atoms with Crippen LogP contribution in [-0.2, 0) is 11.2 Å². The van der Waals surface area contributed by atoms with E-state index in [1.165, 1.54) is 11.1 Å². The lowest BCUT2D eigenvalue weighted by Gasteiger charge is -2.26. The van der Waals surface area contributed by atoms with Crippen LogP contribution in [-0.4, -0.2) is 23.1 Å². The van der Waals surface area contributed by atoms with Gasteiger partial charge >= 0.3 is 0 Å². The molecule has 1 aliphatic heterocycles. The molecule has 0 fully saturated rings. The fraction of sp³-hybridized carbons (Fsp3) is 0.286. The standard InChI is InChI=1S/C14H15N3O.ClH/c15-9-13-11-3-1-4-12(10(11)5-8-18-13)14-16-6-2-7-17-14;/h1-4,6-7,13H,5,8-9,15H2;1H. The predicted molar refractivity (Wildman–Crippen MR) is 76.2 cm³/mol. The third-order valence-corrected chi connectivity index (χ3v) is 3.25. The molecule has 0 radical (unpaired) electrons. The van der Waals surface area contributed by atoms with Gasteiger partial charge in [-0.15, -0.1) is 12.4 Å². The minimum absolute atomic E-state index is 0. The van der Waals surface area contributed by atoms with E-state index in [1.807, 2.05) is 12.1 Å². The molecule has 2 heterocycles. The topological polar surface area (TPSA) is 61.0 Å². The second-order valence-corrected chi connectivity index (χ2v) is 4.29. The van der Waals surface area contributed by atoms with E-state index in [1.54, 1.807) is 12.4 Å². The Morgan fingerprint density at radius 3 is 2.74 bits per heavy atom. The average Bonchev–Trinajstić information content (AvgIpc) is 2.47. The van der Waals surface area contributed by atoms with Crippen molar-refractivity contribution < 1.29 is 4.74 Å². The second kappa shape index (κ2) is 6.10. The van der Waals surface area contributed by atoms with Crippen LogP contribution in [0, 0.1) is 0 Å². The van der Waals surface area contributed by atoms with Crippen molar-refractivity contribution in [3.05, 3.63) is 47.8 Å². The summed E-state index contributed by atoms with van der Waals surface area (Å²) in [7, 11) is 0. The second-order valence-electron chi connectivity index (χ2n) is 4.29. The van der Waals surface area contributed by atoms with Crippen molar-refractivity contribution in [1.82, 2.24) is 9.97 Å². The molecule has 0 amide bonds. The molecule has 0 saturated carbocycles. The van der Waals surface area contributed by atoms with E-state index < -0.39 is 0 Å². The number of aromatic nitrogens is 2. The van der Waals surface area contributed by atoms with Crippen LogP contribution < -0.4 is 5.73 Å². The molecule has 3 rings (SSSR count). The van der Waals surface area contributed by atoms with Crippen LogP contribution in [0.15, 0.2) is 36.7 Å². The highest BCUT2D eigenvalue weighted by Gasteiger charge is 2.22. The summed E-state index contributed by atoms with van der Waals surface area (Å²) < 4.78 is 5.68. The number of halogens is 1. The first-order chi connectivity index (χ1) is 8.90. The highest BCUT2D eigenvalue weighted by atomic mass is 35.5. The first-order valence-corrected chi connectivity index (χ1v) is 6.11. The Morgan fingerprint density at radius 2 is 2.00 bits per heavy atom. The molecule has 2 N–H and O–H groups in total. The van der Waals surface area contributed by atoms with Gasteiger partial charge in [0.05, 0.1) is 12.7 Å². The third kappa shape index (κ3) is 2.61. The van der Waals surface area contributed by atoms with Gasteiger partial charge in [-0.2, -0.15) is 0 Å². The highest BCUT2D eigenvalue weighted by Crippen LogP contribution is 2.32. The molecule has 0 aliphatic carbocycles. The number of hydrogen-bond acceptors (Lipinski definition) is 4. The Bertz CT molecular complexity index is 548. The summed E-state index contributed by atoms with van der Waals surface area (Å²) in [5, 5.41) is 0. The fourth-order valence-corrected chi connectivity index (χ4v) is 2.42. The van der Waals surface area contributed by atoms with E-state index in [-0.39, 0.29) is 18.5 Å². The number of nitrogens with zero attached hydrogens (tertiary/aromatic N) is 2. The molecule has 100 valence electrons. The van der Waals surface area contributed by atoms with Gasteiger partial charge in [-0.05, 0) is 23.6 Å². The number of fused-ring (bicyclic) bond motifs is 1. The first-order valence-electron chi connectivity index (χ1n) is 6.11. The minimum atomic E-state index is -0.00240. The first kappa shape index (κ1) is 13.9. The largest absolute Gasteiger partial charge is 0.372 e. The number of hydrogen-bond donors (Lipinski definition) is 1. The molecular weight excluding hydrogens is 262 g/mol. The summed E-state index contributed by atoms with van der Waals surface area (Å²) in [6.07, 6.45) is 4.42. The number of ether oxygens (including phenoxy) is 1. The predicted octanol–water partition coefficient (Wildman–Crippen LogP) is 2.14. The van der Waals surface area contributed by atoms with Gasteiger partial charge in [-0.25, -0.2) is 9.97 Å². The lowest BCUT2D eigenvalue weighted by atomic mass is 9.92. The quantitative estimate of drug-likeness (QED) is 0.914. The fourth-order valence-electron chi connectivity index (χ4n) is 2.42. The van der Waals surface area contributed by atoms with Crippen LogP contribution in [0.2, 0.25) is 0 Å². The summed E-state index contributed by atoms with van der Waals surface area (Å²) >= 11 is 0. The molecule has 1 aliphatic rings. The van der Waals surface area contributed by atoms with Crippen molar-refractivity contribution in [3.8, 4) is 11.4 Å². The van der Waals surface area contributed by atoms with E-state index >= 15 is 0 Å². The summed E-state index contributed by atoms with van der Waals surface area (Å²) in [5.41, 5.74) is 9.29. The molecule has 5 heteroatoms. The van der Waals surface area contributed by atoms with Gasteiger partial charge in [0.25, 0.3) is 0 Å². The normalized spacial score (nSPS) is 17.4. The van der Waals surface area contributed by atoms with Crippen molar-refractivity contribution >= 4 is 12.4 Å². The van der Waals surface area contributed by atoms with Gasteiger partial charge in [0, 0.05) is 24.5 Å². The molecule has 4 nitrogen and oxygen atoms in total. The molecule has 1 aromatic carbocycles. The lowest BCUT2D eigenvalue weighted by Crippen LogP contribution is -2.23. The van der Waals surface area contributed by atoms with Gasteiger partial charge in [0.2, 0.25) is 0 Å². The average molecular weight is 278 g/mol. The molecular formula is C14H16ClN3O. The maximum absolute atomic E-state index is 5.75. The molecule has 1 unspecified atom stereocenters. The van der Waals surface area contributed by atoms with Crippen molar-refractivity contribution in [1.29, 1.82) is 0 Å². The van der Waals surface area contributed by atoms with E-state index in [0.717, 1.165) is 17.8 Å². The minimum Gasteiger partial charge on any atom is -0.372 e. The SMILES string of the molecule is Cl.NCC1OCCc2c(-c3ncccn3)cccc21. The van der Waals surface area contributed by atoms with E-state index in [9.17, 15) is 0 Å². The molecule has 1 aromatic heterocycles. The summed E-state index contributed by atoms with van der Waals surface area (Å²) in [4.78, 5) is 8.65. The number of rotatable bonds is 2. The van der Waals surface area contributed by atoms with Crippen LogP contribution in [0.4, 0.5) is 0 Å². The number of benzene rings is 1. The Labute approximate surface area is 118 Å². The highest BCUT2D eigenvalue weighted by molar-refractivity contribution is 5.85. The van der Waals surface area contributed by atoms with Crippen molar-refractivity contribution in [2.75, 3.05) is 13.2 Å². The Kier molecular flexibility index (Phi) is 4.47. The summed E-state index contributed by atoms with van der Waals surface area (Å²) in [6, 6.07) is 7.98. The molecule has 0 saturated heterocycles. The molecule has 2 aromatic rings. The van der Waals surface area contributed by atoms with Gasteiger partial charge < -0.3 is 10.5 Å². The van der Waals surface area contributed by atoms with Crippen LogP contribution in [0.1, 0.15) is 17.2 Å². The summed E-state index contributed by atoms with van der Waals surface area (Å²) in [6.45, 7) is 1.21. The zero-order valence-corrected chi connectivity index (χ0v) is 11.3. The van der Waals surface area contributed by atoms with E-state index in [0.29, 0.717) is 13.2 Å². The maximum atomic E-state index is 5.75. The van der Waals surface area contributed by atoms with Gasteiger partial charge in [-0.3, -0.25) is 0 Å². The van der Waals surface area contributed by atoms with Gasteiger partial charge in [0.1, 0.15) is 0 Å². The molecule has 0 bridgehead atoms. The van der Waals surface area contributed by atoms with Crippen molar-refractivity contribution in [2.45, 2.75) is 12.5 Å². The van der Waals surface area contributed by atoms with Crippen molar-refractivity contribution in [2.24, 2.45) is 5.73 Å². The van der Waals surface area contributed by atoms with Crippen LogP contribution >= 0.6 is 12.4 Å². The molecule has 0 spiro atoms. The molecule has 19 heavy (non-hydrogen) atoms. The smallest absolute Gasteiger partial charge is 0.159 e. The van der Waals surface area contributed by atoms with Crippen LogP contribution in [0.25, 0.3) is 11.4 Å². The lowest BCUT2D eigenvalue weighted by molar-refractivity contribution is 0.0486. The zero-order chi connectivity index (χ0) is 12.4. The van der Waals surface area contributed by atoms with Crippen molar-refractivity contribution in [3.63, 3.8) is 0 Å². The zero-order valence-electron chi connectivity index (χ0n) is 10.5. The number of nitrogens with two attached hydrogens (primary N) is 1. The van der Waals surface area contributed by atoms with Gasteiger partial charge in [0.15, 0.2) is 5.82 Å². The van der Waals surface area contributed by atoms with Crippen LogP contribution in [0.5, 0.6) is 0 Å². The Hall–Kier alpha value is -1.49. The summed E-state index contributed by atoms with van der Waals surface area (Å²) in [5.74, 6) is 0.770. The molecule has 1 atom stereocenters. The van der Waals surface area contributed by atoms with Gasteiger partial charge in [-0.1, -0.05) is 18.2 Å². The van der Waals surface area contributed by atoms with E-state index in [2.05, 4.69) is 22.1 Å². The van der Waals surface area contributed by atoms with E-state index in [4.69, 9.17) is 10.5 Å². The monoisotopic (exact) mass is 277 g/mol. The van der Waals surface area contributed by atoms with Crippen LogP contribution in [0.3, 0.4) is 0 Å². The Balaban J connectivity index is 0.00000133. The Morgan fingerprint density at radius 1 is 1.21 bits per heavy atom. The maximum Gasteiger partial charge on any atom is 0.159 e.